The summed E-state index contributed by atoms with van der Waals surface area (Å²) in [7, 11) is 0. The highest BCUT2D eigenvalue weighted by Gasteiger charge is 2.20. The maximum atomic E-state index is 12.2. The summed E-state index contributed by atoms with van der Waals surface area (Å²) in [5.41, 5.74) is 6.92. The van der Waals surface area contributed by atoms with Gasteiger partial charge in [-0.2, -0.15) is 0 Å². The van der Waals surface area contributed by atoms with E-state index in [0.717, 1.165) is 5.56 Å². The number of hydrogen-bond acceptors (Lipinski definition) is 3. The standard InChI is InChI=1S/C17H13ClN2O3/c18-11-7-5-10(6-8-11)9-14(21)20-15-12-3-1-2-4-13(12)23-16(15)17(19)22/h1-8H,9H2,(H2,19,22)(H,20,21). The molecule has 2 amide bonds. The zero-order chi connectivity index (χ0) is 16.4. The maximum absolute atomic E-state index is 12.2. The van der Waals surface area contributed by atoms with Gasteiger partial charge in [-0.25, -0.2) is 0 Å². The molecule has 3 N–H and O–H groups in total. The first-order chi connectivity index (χ1) is 11.0. The van der Waals surface area contributed by atoms with Crippen LogP contribution < -0.4 is 11.1 Å². The van der Waals surface area contributed by atoms with Crippen LogP contribution in [0.1, 0.15) is 16.1 Å². The van der Waals surface area contributed by atoms with Crippen molar-refractivity contribution in [2.75, 3.05) is 5.32 Å². The van der Waals surface area contributed by atoms with E-state index in [2.05, 4.69) is 5.32 Å². The predicted molar refractivity (Wildman–Crippen MR) is 88.5 cm³/mol. The third-order valence-corrected chi connectivity index (χ3v) is 3.61. The van der Waals surface area contributed by atoms with Crippen molar-refractivity contribution in [1.29, 1.82) is 0 Å². The van der Waals surface area contributed by atoms with Gasteiger partial charge in [0.05, 0.1) is 6.42 Å². The Bertz CT molecular complexity index is 884. The third-order valence-electron chi connectivity index (χ3n) is 3.36. The second-order valence-corrected chi connectivity index (χ2v) is 5.45. The average molecular weight is 329 g/mol. The molecule has 0 atom stereocenters. The fourth-order valence-electron chi connectivity index (χ4n) is 2.31. The largest absolute Gasteiger partial charge is 0.449 e. The van der Waals surface area contributed by atoms with Crippen LogP contribution in [0.3, 0.4) is 0 Å². The molecule has 0 aliphatic heterocycles. The lowest BCUT2D eigenvalue weighted by atomic mass is 10.1. The number of hydrogen-bond donors (Lipinski definition) is 2. The molecule has 0 aliphatic rings. The van der Waals surface area contributed by atoms with E-state index in [-0.39, 0.29) is 18.1 Å². The van der Waals surface area contributed by atoms with E-state index in [4.69, 9.17) is 21.8 Å². The molecule has 0 spiro atoms. The van der Waals surface area contributed by atoms with Crippen molar-refractivity contribution >= 4 is 40.1 Å². The maximum Gasteiger partial charge on any atom is 0.286 e. The number of fused-ring (bicyclic) bond motifs is 1. The molecule has 0 aliphatic carbocycles. The molecule has 5 nitrogen and oxygen atoms in total. The van der Waals surface area contributed by atoms with Gasteiger partial charge in [0.15, 0.2) is 0 Å². The number of rotatable bonds is 4. The predicted octanol–water partition coefficient (Wildman–Crippen LogP) is 3.37. The van der Waals surface area contributed by atoms with Crippen LogP contribution >= 0.6 is 11.6 Å². The van der Waals surface area contributed by atoms with E-state index in [1.807, 2.05) is 0 Å². The fourth-order valence-corrected chi connectivity index (χ4v) is 2.44. The molecule has 1 aromatic heterocycles. The SMILES string of the molecule is NC(=O)c1oc2ccccc2c1NC(=O)Cc1ccc(Cl)cc1. The lowest BCUT2D eigenvalue weighted by Crippen LogP contribution is -2.18. The van der Waals surface area contributed by atoms with E-state index < -0.39 is 5.91 Å². The molecule has 0 saturated carbocycles. The molecule has 0 unspecified atom stereocenters. The number of anilines is 1. The monoisotopic (exact) mass is 328 g/mol. The lowest BCUT2D eigenvalue weighted by Gasteiger charge is -2.05. The number of carbonyl (C=O) groups is 2. The summed E-state index contributed by atoms with van der Waals surface area (Å²) in [4.78, 5) is 23.8. The van der Waals surface area contributed by atoms with E-state index in [1.54, 1.807) is 48.5 Å². The third kappa shape index (κ3) is 3.19. The highest BCUT2D eigenvalue weighted by atomic mass is 35.5. The highest BCUT2D eigenvalue weighted by Crippen LogP contribution is 2.30. The van der Waals surface area contributed by atoms with Crippen LogP contribution in [0.5, 0.6) is 0 Å². The number of benzene rings is 2. The average Bonchev–Trinajstić information content (AvgIpc) is 2.89. The molecular formula is C17H13ClN2O3. The van der Waals surface area contributed by atoms with E-state index in [1.165, 1.54) is 0 Å². The van der Waals surface area contributed by atoms with E-state index in [0.29, 0.717) is 21.7 Å². The van der Waals surface area contributed by atoms with Crippen molar-refractivity contribution in [3.63, 3.8) is 0 Å². The number of primary amides is 1. The van der Waals surface area contributed by atoms with Gasteiger partial charge in [-0.05, 0) is 29.8 Å². The number of carbonyl (C=O) groups excluding carboxylic acids is 2. The minimum Gasteiger partial charge on any atom is -0.449 e. The number of halogens is 1. The summed E-state index contributed by atoms with van der Waals surface area (Å²) in [6.07, 6.45) is 0.148. The fraction of sp³-hybridized carbons (Fsp3) is 0.0588. The normalized spacial score (nSPS) is 10.7. The quantitative estimate of drug-likeness (QED) is 0.770. The minimum atomic E-state index is -0.733. The van der Waals surface area contributed by atoms with Crippen molar-refractivity contribution < 1.29 is 14.0 Å². The summed E-state index contributed by atoms with van der Waals surface area (Å²) >= 11 is 5.82. The van der Waals surface area contributed by atoms with Gasteiger partial charge in [0.1, 0.15) is 11.3 Å². The summed E-state index contributed by atoms with van der Waals surface area (Å²) in [6, 6.07) is 14.0. The van der Waals surface area contributed by atoms with E-state index >= 15 is 0 Å². The number of nitrogens with one attached hydrogen (secondary N) is 1. The van der Waals surface area contributed by atoms with Crippen LogP contribution in [0.4, 0.5) is 5.69 Å². The molecule has 23 heavy (non-hydrogen) atoms. The zero-order valence-corrected chi connectivity index (χ0v) is 12.8. The minimum absolute atomic E-state index is 0.0596. The Labute approximate surface area is 137 Å². The molecule has 0 fully saturated rings. The van der Waals surface area contributed by atoms with Crippen LogP contribution in [0.25, 0.3) is 11.0 Å². The van der Waals surface area contributed by atoms with Crippen LogP contribution in [0.15, 0.2) is 52.9 Å². The highest BCUT2D eigenvalue weighted by molar-refractivity contribution is 6.30. The van der Waals surface area contributed by atoms with Crippen molar-refractivity contribution in [2.24, 2.45) is 5.73 Å². The molecule has 0 radical (unpaired) electrons. The Kier molecular flexibility index (Phi) is 4.04. The first-order valence-electron chi connectivity index (χ1n) is 6.90. The number of furan rings is 1. The molecule has 3 aromatic rings. The molecule has 3 rings (SSSR count). The topological polar surface area (TPSA) is 85.3 Å². The van der Waals surface area contributed by atoms with Crippen molar-refractivity contribution in [3.05, 3.63) is 64.9 Å². The number of para-hydroxylation sites is 1. The zero-order valence-electron chi connectivity index (χ0n) is 12.0. The molecule has 0 bridgehead atoms. The van der Waals surface area contributed by atoms with Crippen LogP contribution in [-0.4, -0.2) is 11.8 Å². The smallest absolute Gasteiger partial charge is 0.286 e. The first kappa shape index (κ1) is 15.1. The molecular weight excluding hydrogens is 316 g/mol. The van der Waals surface area contributed by atoms with Crippen LogP contribution in [-0.2, 0) is 11.2 Å². The van der Waals surface area contributed by atoms with Gasteiger partial charge in [-0.15, -0.1) is 0 Å². The Morgan fingerprint density at radius 1 is 1.09 bits per heavy atom. The molecule has 0 saturated heterocycles. The Morgan fingerprint density at radius 3 is 2.48 bits per heavy atom. The van der Waals surface area contributed by atoms with Crippen molar-refractivity contribution in [2.45, 2.75) is 6.42 Å². The van der Waals surface area contributed by atoms with Gasteiger partial charge < -0.3 is 15.5 Å². The van der Waals surface area contributed by atoms with Gasteiger partial charge in [0, 0.05) is 10.4 Å². The van der Waals surface area contributed by atoms with Crippen LogP contribution in [0.2, 0.25) is 5.02 Å². The summed E-state index contributed by atoms with van der Waals surface area (Å²) in [6.45, 7) is 0. The van der Waals surface area contributed by atoms with Gasteiger partial charge in [0.2, 0.25) is 11.7 Å². The second-order valence-electron chi connectivity index (χ2n) is 5.02. The number of nitrogens with two attached hydrogens (primary N) is 1. The second kappa shape index (κ2) is 6.14. The summed E-state index contributed by atoms with van der Waals surface area (Å²) in [5, 5.41) is 3.94. The molecule has 2 aromatic carbocycles. The Morgan fingerprint density at radius 2 is 1.78 bits per heavy atom. The van der Waals surface area contributed by atoms with Crippen molar-refractivity contribution in [3.8, 4) is 0 Å². The summed E-state index contributed by atoms with van der Waals surface area (Å²) < 4.78 is 5.42. The molecule has 6 heteroatoms. The summed E-state index contributed by atoms with van der Waals surface area (Å²) in [5.74, 6) is -1.07. The first-order valence-corrected chi connectivity index (χ1v) is 7.28. The molecule has 116 valence electrons. The van der Waals surface area contributed by atoms with Gasteiger partial charge >= 0.3 is 0 Å². The van der Waals surface area contributed by atoms with Crippen LogP contribution in [0, 0.1) is 0 Å². The van der Waals surface area contributed by atoms with Gasteiger partial charge in [0.25, 0.3) is 5.91 Å². The van der Waals surface area contributed by atoms with Gasteiger partial charge in [-0.1, -0.05) is 35.9 Å². The van der Waals surface area contributed by atoms with Gasteiger partial charge in [-0.3, -0.25) is 9.59 Å². The number of amides is 2. The van der Waals surface area contributed by atoms with Crippen molar-refractivity contribution in [1.82, 2.24) is 0 Å². The van der Waals surface area contributed by atoms with E-state index in [9.17, 15) is 9.59 Å². The Hall–Kier alpha value is -2.79. The lowest BCUT2D eigenvalue weighted by molar-refractivity contribution is -0.115. The Balaban J connectivity index is 1.88. The molecule has 1 heterocycles.